The third-order valence-corrected chi connectivity index (χ3v) is 13.1. The highest BCUT2D eigenvalue weighted by Gasteiger charge is 2.25. The van der Waals surface area contributed by atoms with Gasteiger partial charge in [-0.25, -0.2) is 9.59 Å². The molecular formula is C44H53N2O14S3+. The highest BCUT2D eigenvalue weighted by Crippen LogP contribution is 2.37. The molecule has 0 amide bonds. The zero-order valence-electron chi connectivity index (χ0n) is 35.7. The average Bonchev–Trinajstić information content (AvgIpc) is 3.16. The van der Waals surface area contributed by atoms with Crippen LogP contribution in [0, 0.1) is 13.8 Å². The maximum Gasteiger partial charge on any atom is 0.335 e. The van der Waals surface area contributed by atoms with E-state index in [1.165, 1.54) is 31.2 Å². The molecule has 4 rings (SSSR count). The number of fused-ring (bicyclic) bond motifs is 2. The van der Waals surface area contributed by atoms with Crippen LogP contribution < -0.4 is 4.90 Å². The Kier molecular flexibility index (Phi) is 16.7. The molecule has 0 atom stereocenters. The van der Waals surface area contributed by atoms with Gasteiger partial charge in [-0.2, -0.15) is 29.8 Å². The monoisotopic (exact) mass is 929 g/mol. The predicted molar refractivity (Wildman–Crippen MR) is 242 cm³/mol. The first-order valence-corrected chi connectivity index (χ1v) is 24.6. The predicted octanol–water partition coefficient (Wildman–Crippen LogP) is 7.79. The van der Waals surface area contributed by atoms with Crippen molar-refractivity contribution < 1.29 is 68.1 Å². The molecule has 4 aromatic rings. The normalized spacial score (nSPS) is 13.3. The van der Waals surface area contributed by atoms with Crippen LogP contribution in [-0.4, -0.2) is 102 Å². The van der Waals surface area contributed by atoms with Crippen LogP contribution in [0.3, 0.4) is 0 Å². The molecule has 19 heteroatoms. The van der Waals surface area contributed by atoms with Gasteiger partial charge >= 0.3 is 11.9 Å². The lowest BCUT2D eigenvalue weighted by Crippen LogP contribution is -2.26. The molecule has 16 nitrogen and oxygen atoms in total. The number of ketones is 1. The first-order chi connectivity index (χ1) is 29.3. The van der Waals surface area contributed by atoms with Gasteiger partial charge in [0.2, 0.25) is 5.69 Å². The van der Waals surface area contributed by atoms with E-state index in [1.54, 1.807) is 49.9 Å². The van der Waals surface area contributed by atoms with Crippen LogP contribution in [0.2, 0.25) is 0 Å². The summed E-state index contributed by atoms with van der Waals surface area (Å²) in [5.41, 5.74) is 3.89. The third-order valence-electron chi connectivity index (χ3n) is 10.6. The van der Waals surface area contributed by atoms with Gasteiger partial charge in [0.15, 0.2) is 5.71 Å². The number of hydrogen-bond donors (Lipinski definition) is 5. The molecule has 5 N–H and O–H groups in total. The highest BCUT2D eigenvalue weighted by atomic mass is 32.2. The van der Waals surface area contributed by atoms with Gasteiger partial charge in [0.1, 0.15) is 17.2 Å². The fourth-order valence-corrected chi connectivity index (χ4v) is 9.31. The molecule has 0 saturated heterocycles. The number of rotatable bonds is 22. The van der Waals surface area contributed by atoms with Crippen molar-refractivity contribution in [2.24, 2.45) is 0 Å². The topological polar surface area (TPSA) is 261 Å². The number of aryl methyl sites for hydroxylation is 2. The number of unbranched alkanes of at least 4 members (excludes halogenated alkanes) is 2. The van der Waals surface area contributed by atoms with Crippen LogP contribution in [0.1, 0.15) is 97.6 Å². The van der Waals surface area contributed by atoms with Gasteiger partial charge in [0.25, 0.3) is 30.4 Å². The Morgan fingerprint density at radius 3 is 1.83 bits per heavy atom. The molecule has 0 fully saturated rings. The molecule has 0 unspecified atom stereocenters. The van der Waals surface area contributed by atoms with Crippen molar-refractivity contribution in [3.63, 3.8) is 0 Å². The summed E-state index contributed by atoms with van der Waals surface area (Å²) in [5.74, 6) is -3.51. The number of aromatic carboxylic acids is 2. The summed E-state index contributed by atoms with van der Waals surface area (Å²) in [7, 11) is -13.7. The number of anilines is 1. The Morgan fingerprint density at radius 1 is 0.651 bits per heavy atom. The summed E-state index contributed by atoms with van der Waals surface area (Å²) in [5, 5.41) is 20.9. The number of benzene rings is 4. The van der Waals surface area contributed by atoms with Gasteiger partial charge in [-0.3, -0.25) is 13.7 Å². The van der Waals surface area contributed by atoms with Crippen molar-refractivity contribution in [3.8, 4) is 0 Å². The fraction of sp³-hybridized carbons (Fsp3) is 0.364. The minimum atomic E-state index is -4.94. The average molecular weight is 930 g/mol. The van der Waals surface area contributed by atoms with Crippen molar-refractivity contribution in [2.75, 3.05) is 29.5 Å². The number of Topliss-reactive ketones (excluding diaryl/α,β-unsaturated/α-hetero) is 1. The summed E-state index contributed by atoms with van der Waals surface area (Å²) in [4.78, 5) is 36.3. The molecule has 0 aromatic heterocycles. The summed E-state index contributed by atoms with van der Waals surface area (Å²) in [6.45, 7) is 8.59. The van der Waals surface area contributed by atoms with Crippen molar-refractivity contribution in [1.82, 2.24) is 0 Å². The molecule has 0 spiro atoms. The summed E-state index contributed by atoms with van der Waals surface area (Å²) in [6.07, 6.45) is 6.33. The minimum Gasteiger partial charge on any atom is -0.478 e. The van der Waals surface area contributed by atoms with Gasteiger partial charge in [-0.15, -0.1) is 0 Å². The second-order valence-corrected chi connectivity index (χ2v) is 20.1. The largest absolute Gasteiger partial charge is 0.478 e. The third kappa shape index (κ3) is 14.1. The minimum absolute atomic E-state index is 0.0245. The lowest BCUT2D eigenvalue weighted by Gasteiger charge is -2.29. The van der Waals surface area contributed by atoms with E-state index in [0.29, 0.717) is 65.4 Å². The van der Waals surface area contributed by atoms with E-state index in [-0.39, 0.29) is 53.9 Å². The molecule has 340 valence electrons. The lowest BCUT2D eigenvalue weighted by molar-refractivity contribution is -0.441. The molecular weight excluding hydrogens is 877 g/mol. The Hall–Kier alpha value is -5.31. The number of carbonyl (C=O) groups is 3. The number of carboxylic acid groups (broad SMARTS) is 2. The summed E-state index contributed by atoms with van der Waals surface area (Å²) in [6, 6.07) is 13.4. The van der Waals surface area contributed by atoms with Crippen LogP contribution >= 0.6 is 0 Å². The Bertz CT molecular complexity index is 2880. The molecule has 4 aromatic carbocycles. The summed E-state index contributed by atoms with van der Waals surface area (Å²) < 4.78 is 104. The number of nitrogens with zero attached hydrogens (tertiary/aromatic N) is 2. The van der Waals surface area contributed by atoms with Crippen LogP contribution in [0.5, 0.6) is 0 Å². The number of hydrogen-bond acceptors (Lipinski definition) is 10. The maximum atomic E-state index is 12.8. The SMILES string of the molecule is CC(=O)CCCCCC(/C=C(C)/C=C(\C)N(CCCS(=O)(=O)O)c1cc(S(=O)(=O)O)c2cc(C(=O)O)ccc2c1C)=[N+](CCCS(=O)(=O)O)c1ccc2cc(C(=O)O)ccc2c1C. The second kappa shape index (κ2) is 20.9. The molecule has 63 heavy (non-hydrogen) atoms. The number of carbonyl (C=O) groups excluding carboxylic acids is 1. The van der Waals surface area contributed by atoms with Gasteiger partial charge < -0.3 is 19.9 Å². The molecule has 0 radical (unpaired) electrons. The van der Waals surface area contributed by atoms with E-state index in [2.05, 4.69) is 0 Å². The van der Waals surface area contributed by atoms with E-state index in [0.717, 1.165) is 22.7 Å². The summed E-state index contributed by atoms with van der Waals surface area (Å²) >= 11 is 0. The fourth-order valence-electron chi connectivity index (χ4n) is 7.62. The van der Waals surface area contributed by atoms with Gasteiger partial charge in [-0.05, 0) is 124 Å². The van der Waals surface area contributed by atoms with Crippen molar-refractivity contribution in [1.29, 1.82) is 0 Å². The Balaban J connectivity index is 1.98. The van der Waals surface area contributed by atoms with E-state index >= 15 is 0 Å². The number of carboxylic acids is 2. The molecule has 0 heterocycles. The molecule has 0 aliphatic heterocycles. The maximum absolute atomic E-state index is 12.8. The lowest BCUT2D eigenvalue weighted by atomic mass is 9.99. The van der Waals surface area contributed by atoms with Crippen molar-refractivity contribution >= 4 is 86.7 Å². The van der Waals surface area contributed by atoms with Crippen LogP contribution in [0.4, 0.5) is 11.4 Å². The van der Waals surface area contributed by atoms with Crippen molar-refractivity contribution in [2.45, 2.75) is 84.5 Å². The Labute approximate surface area is 367 Å². The van der Waals surface area contributed by atoms with Crippen LogP contribution in [0.15, 0.2) is 82.9 Å². The smallest absolute Gasteiger partial charge is 0.335 e. The Morgan fingerprint density at radius 2 is 1.24 bits per heavy atom. The molecule has 0 aliphatic rings. The van der Waals surface area contributed by atoms with Crippen molar-refractivity contribution in [3.05, 3.63) is 100 Å². The first kappa shape index (κ1) is 50.3. The second-order valence-electron chi connectivity index (χ2n) is 15.5. The standard InChI is InChI=1S/C44H52N2O14S3/c1-28(23-29(2)45(19-9-21-61(52,53)54)41-27-42(63(58,59)60)39-26-35(44(50)51)14-17-38(39)32(41)5)24-36(12-8-6-7-11-30(3)47)46(20-10-22-62(55,56)57)40-18-15-33-25-34(43(48)49)13-16-37(33)31(40)4/h13-18,23-27H,6-12,19-22H2,1-5H3,(H4-,48,49,50,51,52,53,54,55,56,57,58,59,60)/p+1. The van der Waals surface area contributed by atoms with Gasteiger partial charge in [-0.1, -0.05) is 18.6 Å². The van der Waals surface area contributed by atoms with E-state index in [9.17, 15) is 63.5 Å². The van der Waals surface area contributed by atoms with Crippen LogP contribution in [-0.2, 0) is 35.1 Å². The molecule has 0 aliphatic carbocycles. The van der Waals surface area contributed by atoms with E-state index < -0.39 is 58.7 Å². The molecule has 0 bridgehead atoms. The highest BCUT2D eigenvalue weighted by molar-refractivity contribution is 7.86. The zero-order chi connectivity index (χ0) is 47.0. The van der Waals surface area contributed by atoms with Gasteiger partial charge in [0, 0.05) is 60.3 Å². The van der Waals surface area contributed by atoms with E-state index in [1.807, 2.05) is 23.6 Å². The first-order valence-electron chi connectivity index (χ1n) is 20.0. The van der Waals surface area contributed by atoms with Crippen LogP contribution in [0.25, 0.3) is 21.5 Å². The zero-order valence-corrected chi connectivity index (χ0v) is 38.1. The quantitative estimate of drug-likeness (QED) is 0.0166. The number of allylic oxidation sites excluding steroid dienone is 4. The van der Waals surface area contributed by atoms with E-state index in [4.69, 9.17) is 0 Å². The van der Waals surface area contributed by atoms with Gasteiger partial charge in [0.05, 0.1) is 22.6 Å². The molecule has 0 saturated carbocycles.